The molecule has 2 rings (SSSR count). The number of halogens is 1. The molecule has 5 heteroatoms. The zero-order valence-electron chi connectivity index (χ0n) is 19.3. The number of rotatable bonds is 10. The Balaban J connectivity index is 2.13. The topological polar surface area (TPSA) is 49.4 Å². The van der Waals surface area contributed by atoms with Crippen LogP contribution in [0.5, 0.6) is 0 Å². The minimum atomic E-state index is -0.566. The van der Waals surface area contributed by atoms with Gasteiger partial charge >= 0.3 is 0 Å². The van der Waals surface area contributed by atoms with Crippen molar-refractivity contribution >= 4 is 23.4 Å². The lowest BCUT2D eigenvalue weighted by molar-refractivity contribution is -0.140. The van der Waals surface area contributed by atoms with Crippen LogP contribution in [0.3, 0.4) is 0 Å². The van der Waals surface area contributed by atoms with Gasteiger partial charge in [-0.25, -0.2) is 0 Å². The van der Waals surface area contributed by atoms with Crippen LogP contribution in [0, 0.1) is 0 Å². The van der Waals surface area contributed by atoms with Crippen molar-refractivity contribution in [2.45, 2.75) is 78.4 Å². The van der Waals surface area contributed by atoms with E-state index in [4.69, 9.17) is 11.6 Å². The van der Waals surface area contributed by atoms with E-state index in [-0.39, 0.29) is 17.9 Å². The summed E-state index contributed by atoms with van der Waals surface area (Å²) >= 11 is 6.13. The molecule has 2 aromatic carbocycles. The third-order valence-electron chi connectivity index (χ3n) is 5.68. The van der Waals surface area contributed by atoms with Crippen LogP contribution in [-0.2, 0) is 22.6 Å². The average molecular weight is 443 g/mol. The van der Waals surface area contributed by atoms with Gasteiger partial charge in [0, 0.05) is 24.0 Å². The highest BCUT2D eigenvalue weighted by Crippen LogP contribution is 2.18. The number of hydrogen-bond acceptors (Lipinski definition) is 2. The normalized spacial score (nSPS) is 13.0. The largest absolute Gasteiger partial charge is 0.352 e. The number of carbonyl (C=O) groups excluding carboxylic acids is 2. The number of aryl methyl sites for hydroxylation is 1. The Morgan fingerprint density at radius 1 is 1.00 bits per heavy atom. The number of hydrogen-bond donors (Lipinski definition) is 1. The molecule has 0 saturated carbocycles. The molecular formula is C26H35ClN2O2. The van der Waals surface area contributed by atoms with Gasteiger partial charge in [-0.3, -0.25) is 9.59 Å². The summed E-state index contributed by atoms with van der Waals surface area (Å²) in [5, 5.41) is 3.61. The molecule has 0 spiro atoms. The lowest BCUT2D eigenvalue weighted by atomic mass is 10.00. The fourth-order valence-corrected chi connectivity index (χ4v) is 3.56. The highest BCUT2D eigenvalue weighted by atomic mass is 35.5. The van der Waals surface area contributed by atoms with E-state index in [0.717, 1.165) is 17.5 Å². The third-order valence-corrected chi connectivity index (χ3v) is 5.92. The van der Waals surface area contributed by atoms with Gasteiger partial charge in [0.15, 0.2) is 0 Å². The average Bonchev–Trinajstić information content (AvgIpc) is 2.75. The molecule has 0 aliphatic carbocycles. The second-order valence-corrected chi connectivity index (χ2v) is 8.98. The minimum Gasteiger partial charge on any atom is -0.352 e. The fourth-order valence-electron chi connectivity index (χ4n) is 3.34. The summed E-state index contributed by atoms with van der Waals surface area (Å²) in [5.74, 6) is 0.305. The van der Waals surface area contributed by atoms with Gasteiger partial charge in [0.25, 0.3) is 0 Å². The van der Waals surface area contributed by atoms with Gasteiger partial charge in [-0.2, -0.15) is 0 Å². The highest BCUT2D eigenvalue weighted by Gasteiger charge is 2.26. The lowest BCUT2D eigenvalue weighted by Gasteiger charge is -2.30. The quantitative estimate of drug-likeness (QED) is 0.510. The highest BCUT2D eigenvalue weighted by molar-refractivity contribution is 6.30. The Kier molecular flexibility index (Phi) is 9.57. The maximum absolute atomic E-state index is 13.2. The van der Waals surface area contributed by atoms with E-state index in [0.29, 0.717) is 30.3 Å². The van der Waals surface area contributed by atoms with Crippen molar-refractivity contribution in [2.75, 3.05) is 0 Å². The predicted octanol–water partition coefficient (Wildman–Crippen LogP) is 5.73. The Morgan fingerprint density at radius 2 is 1.68 bits per heavy atom. The van der Waals surface area contributed by atoms with Gasteiger partial charge in [-0.1, -0.05) is 68.8 Å². The van der Waals surface area contributed by atoms with E-state index in [2.05, 4.69) is 43.4 Å². The molecule has 2 atom stereocenters. The minimum absolute atomic E-state index is 0.0419. The summed E-state index contributed by atoms with van der Waals surface area (Å²) in [5.41, 5.74) is 3.32. The molecule has 31 heavy (non-hydrogen) atoms. The van der Waals surface area contributed by atoms with E-state index in [1.54, 1.807) is 17.9 Å². The third kappa shape index (κ3) is 7.70. The van der Waals surface area contributed by atoms with Crippen molar-refractivity contribution in [3.63, 3.8) is 0 Å². The van der Waals surface area contributed by atoms with E-state index in [1.807, 2.05) is 32.0 Å². The first kappa shape index (κ1) is 24.9. The molecule has 0 bridgehead atoms. The monoisotopic (exact) mass is 442 g/mol. The van der Waals surface area contributed by atoms with Gasteiger partial charge in [-0.15, -0.1) is 0 Å². The van der Waals surface area contributed by atoms with E-state index < -0.39 is 6.04 Å². The summed E-state index contributed by atoms with van der Waals surface area (Å²) in [6.45, 7) is 10.5. The van der Waals surface area contributed by atoms with Crippen LogP contribution >= 0.6 is 11.6 Å². The molecule has 0 aromatic heterocycles. The van der Waals surface area contributed by atoms with Crippen LogP contribution < -0.4 is 5.32 Å². The number of benzene rings is 2. The smallest absolute Gasteiger partial charge is 0.242 e. The van der Waals surface area contributed by atoms with Gasteiger partial charge in [0.1, 0.15) is 6.04 Å². The van der Waals surface area contributed by atoms with E-state index in [1.165, 1.54) is 5.56 Å². The Bertz CT molecular complexity index is 864. The van der Waals surface area contributed by atoms with Crippen molar-refractivity contribution in [3.05, 3.63) is 70.2 Å². The van der Waals surface area contributed by atoms with Gasteiger partial charge < -0.3 is 10.2 Å². The van der Waals surface area contributed by atoms with Crippen LogP contribution in [-0.4, -0.2) is 28.8 Å². The van der Waals surface area contributed by atoms with E-state index in [9.17, 15) is 9.59 Å². The van der Waals surface area contributed by atoms with Crippen molar-refractivity contribution in [2.24, 2.45) is 0 Å². The second kappa shape index (κ2) is 11.9. The maximum atomic E-state index is 13.2. The molecule has 2 unspecified atom stereocenters. The SMILES string of the molecule is CCC(C)NC(=O)C(C)N(Cc1cccc(Cl)c1)C(=O)CCc1ccc(C(C)C)cc1. The summed E-state index contributed by atoms with van der Waals surface area (Å²) in [6.07, 6.45) is 1.83. The Hall–Kier alpha value is -2.33. The molecule has 0 fully saturated rings. The zero-order valence-corrected chi connectivity index (χ0v) is 20.1. The molecule has 0 saturated heterocycles. The predicted molar refractivity (Wildman–Crippen MR) is 128 cm³/mol. The van der Waals surface area contributed by atoms with Crippen LogP contribution in [0.15, 0.2) is 48.5 Å². The maximum Gasteiger partial charge on any atom is 0.242 e. The number of amides is 2. The number of nitrogens with one attached hydrogen (secondary N) is 1. The molecular weight excluding hydrogens is 408 g/mol. The lowest BCUT2D eigenvalue weighted by Crippen LogP contribution is -2.49. The van der Waals surface area contributed by atoms with Crippen LogP contribution in [0.25, 0.3) is 0 Å². The van der Waals surface area contributed by atoms with Crippen LogP contribution in [0.1, 0.15) is 70.1 Å². The van der Waals surface area contributed by atoms with E-state index >= 15 is 0 Å². The fraction of sp³-hybridized carbons (Fsp3) is 0.462. The van der Waals surface area contributed by atoms with Crippen molar-refractivity contribution in [1.82, 2.24) is 10.2 Å². The molecule has 168 valence electrons. The molecule has 0 aliphatic rings. The second-order valence-electron chi connectivity index (χ2n) is 8.54. The van der Waals surface area contributed by atoms with Gasteiger partial charge in [0.2, 0.25) is 11.8 Å². The standard InChI is InChI=1S/C26H35ClN2O2/c1-6-19(4)28-26(31)20(5)29(17-22-8-7-9-24(27)16-22)25(30)15-12-21-10-13-23(14-11-21)18(2)3/h7-11,13-14,16,18-20H,6,12,15,17H2,1-5H3,(H,28,31). The van der Waals surface area contributed by atoms with Crippen molar-refractivity contribution in [3.8, 4) is 0 Å². The number of nitrogens with zero attached hydrogens (tertiary/aromatic N) is 1. The first-order valence-corrected chi connectivity index (χ1v) is 11.5. The Labute approximate surface area is 192 Å². The summed E-state index contributed by atoms with van der Waals surface area (Å²) < 4.78 is 0. The molecule has 4 nitrogen and oxygen atoms in total. The van der Waals surface area contributed by atoms with Crippen molar-refractivity contribution in [1.29, 1.82) is 0 Å². The summed E-state index contributed by atoms with van der Waals surface area (Å²) in [6, 6.07) is 15.3. The molecule has 2 amide bonds. The molecule has 2 aromatic rings. The number of carbonyl (C=O) groups is 2. The Morgan fingerprint density at radius 3 is 2.26 bits per heavy atom. The van der Waals surface area contributed by atoms with Gasteiger partial charge in [-0.05, 0) is 61.4 Å². The van der Waals surface area contributed by atoms with Crippen molar-refractivity contribution < 1.29 is 9.59 Å². The molecule has 0 aliphatic heterocycles. The zero-order chi connectivity index (χ0) is 23.0. The van der Waals surface area contributed by atoms with Crippen LogP contribution in [0.4, 0.5) is 0 Å². The molecule has 0 radical (unpaired) electrons. The summed E-state index contributed by atoms with van der Waals surface area (Å²) in [4.78, 5) is 27.6. The van der Waals surface area contributed by atoms with Gasteiger partial charge in [0.05, 0.1) is 0 Å². The summed E-state index contributed by atoms with van der Waals surface area (Å²) in [7, 11) is 0. The molecule has 1 N–H and O–H groups in total. The molecule has 0 heterocycles. The first-order valence-electron chi connectivity index (χ1n) is 11.1. The first-order chi connectivity index (χ1) is 14.7. The van der Waals surface area contributed by atoms with Crippen LogP contribution in [0.2, 0.25) is 5.02 Å².